The van der Waals surface area contributed by atoms with Crippen LogP contribution < -0.4 is 14.8 Å². The fourth-order valence-corrected chi connectivity index (χ4v) is 5.52. The predicted molar refractivity (Wildman–Crippen MR) is 105 cm³/mol. The zero-order chi connectivity index (χ0) is 20.2. The van der Waals surface area contributed by atoms with Crippen LogP contribution in [0, 0.1) is 0 Å². The second-order valence-electron chi connectivity index (χ2n) is 7.85. The van der Waals surface area contributed by atoms with Crippen LogP contribution in [0.1, 0.15) is 54.6 Å². The highest BCUT2D eigenvalue weighted by Crippen LogP contribution is 2.36. The summed E-state index contributed by atoms with van der Waals surface area (Å²) in [5, 5.41) is 6.78. The van der Waals surface area contributed by atoms with Crippen LogP contribution in [-0.2, 0) is 35.7 Å². The van der Waals surface area contributed by atoms with E-state index in [1.54, 1.807) is 0 Å². The molecule has 0 saturated heterocycles. The van der Waals surface area contributed by atoms with E-state index < -0.39 is 16.1 Å². The van der Waals surface area contributed by atoms with Gasteiger partial charge in [0.2, 0.25) is 5.88 Å². The van der Waals surface area contributed by atoms with Gasteiger partial charge < -0.3 is 4.74 Å². The number of urea groups is 1. The van der Waals surface area contributed by atoms with Crippen LogP contribution in [0.2, 0.25) is 0 Å². The Morgan fingerprint density at radius 2 is 1.93 bits per heavy atom. The molecule has 3 aliphatic rings. The van der Waals surface area contributed by atoms with Crippen molar-refractivity contribution in [3.63, 3.8) is 0 Å². The van der Waals surface area contributed by atoms with Gasteiger partial charge in [-0.1, -0.05) is 0 Å². The number of carbonyl (C=O) groups is 1. The number of sulfonamides is 1. The largest absolute Gasteiger partial charge is 0.477 e. The van der Waals surface area contributed by atoms with Crippen molar-refractivity contribution in [3.8, 4) is 5.88 Å². The molecule has 1 aliphatic heterocycles. The standard InChI is InChI=1S/C19H23N5O4S/c1-11-8-9-28-18-16(10-20-24(11)18)29(26,27)23-19(25)22-17-14-6-2-4-12(14)13-5-3-7-15(13)21-17/h10-11H,2-9H2,1H3,(H2,21,22,23,25). The van der Waals surface area contributed by atoms with Gasteiger partial charge >= 0.3 is 6.03 Å². The summed E-state index contributed by atoms with van der Waals surface area (Å²) in [5.74, 6) is 0.647. The normalized spacial score (nSPS) is 19.8. The summed E-state index contributed by atoms with van der Waals surface area (Å²) < 4.78 is 34.6. The van der Waals surface area contributed by atoms with Crippen LogP contribution in [0.3, 0.4) is 0 Å². The molecule has 1 atom stereocenters. The lowest BCUT2D eigenvalue weighted by molar-refractivity contribution is 0.196. The molecule has 9 nitrogen and oxygen atoms in total. The molecule has 0 bridgehead atoms. The summed E-state index contributed by atoms with van der Waals surface area (Å²) in [6.07, 6.45) is 7.85. The van der Waals surface area contributed by atoms with Gasteiger partial charge in [-0.2, -0.15) is 5.10 Å². The van der Waals surface area contributed by atoms with E-state index in [1.165, 1.54) is 22.0 Å². The molecule has 0 radical (unpaired) electrons. The van der Waals surface area contributed by atoms with Gasteiger partial charge in [-0.25, -0.2) is 27.6 Å². The van der Waals surface area contributed by atoms with E-state index in [4.69, 9.17) is 4.74 Å². The quantitative estimate of drug-likeness (QED) is 0.790. The summed E-state index contributed by atoms with van der Waals surface area (Å²) in [6, 6.07) is -0.789. The van der Waals surface area contributed by atoms with Gasteiger partial charge in [-0.15, -0.1) is 0 Å². The van der Waals surface area contributed by atoms with Crippen molar-refractivity contribution >= 4 is 21.9 Å². The topological polar surface area (TPSA) is 115 Å². The van der Waals surface area contributed by atoms with Crippen molar-refractivity contribution in [2.24, 2.45) is 0 Å². The number of rotatable bonds is 3. The number of aromatic nitrogens is 3. The molecule has 0 saturated carbocycles. The molecule has 2 aromatic rings. The molecule has 2 aromatic heterocycles. The van der Waals surface area contributed by atoms with Crippen molar-refractivity contribution in [2.75, 3.05) is 11.9 Å². The molecule has 3 heterocycles. The number of carbonyl (C=O) groups excluding carboxylic acids is 1. The van der Waals surface area contributed by atoms with Crippen molar-refractivity contribution in [2.45, 2.75) is 62.8 Å². The average molecular weight is 417 g/mol. The molecule has 29 heavy (non-hydrogen) atoms. The number of nitrogens with one attached hydrogen (secondary N) is 2. The minimum atomic E-state index is -4.12. The number of ether oxygens (including phenoxy) is 1. The van der Waals surface area contributed by atoms with E-state index in [0.29, 0.717) is 12.4 Å². The molecule has 154 valence electrons. The molecule has 1 unspecified atom stereocenters. The Morgan fingerprint density at radius 1 is 1.17 bits per heavy atom. The van der Waals surface area contributed by atoms with Gasteiger partial charge in [0.1, 0.15) is 5.82 Å². The maximum atomic E-state index is 12.8. The van der Waals surface area contributed by atoms with Gasteiger partial charge in [0.25, 0.3) is 10.0 Å². The first-order valence-electron chi connectivity index (χ1n) is 10.0. The lowest BCUT2D eigenvalue weighted by atomic mass is 10.0. The van der Waals surface area contributed by atoms with E-state index in [2.05, 4.69) is 20.1 Å². The number of pyridine rings is 1. The maximum Gasteiger partial charge on any atom is 0.334 e. The number of hydrogen-bond acceptors (Lipinski definition) is 6. The van der Waals surface area contributed by atoms with Crippen molar-refractivity contribution in [3.05, 3.63) is 28.6 Å². The van der Waals surface area contributed by atoms with Crippen molar-refractivity contribution < 1.29 is 17.9 Å². The Labute approximate surface area is 168 Å². The molecular formula is C19H23N5O4S. The number of hydrogen-bond donors (Lipinski definition) is 2. The Bertz CT molecular complexity index is 1110. The second kappa shape index (κ2) is 6.72. The first kappa shape index (κ1) is 18.4. The highest BCUT2D eigenvalue weighted by molar-refractivity contribution is 7.90. The van der Waals surface area contributed by atoms with Gasteiger partial charge in [-0.3, -0.25) is 5.32 Å². The Hall–Kier alpha value is -2.62. The molecule has 0 fully saturated rings. The molecule has 2 amide bonds. The number of fused-ring (bicyclic) bond motifs is 4. The smallest absolute Gasteiger partial charge is 0.334 e. The Morgan fingerprint density at radius 3 is 2.79 bits per heavy atom. The van der Waals surface area contributed by atoms with Gasteiger partial charge in [0, 0.05) is 12.1 Å². The summed E-state index contributed by atoms with van der Waals surface area (Å²) in [5.41, 5.74) is 4.68. The van der Waals surface area contributed by atoms with Crippen molar-refractivity contribution in [1.29, 1.82) is 0 Å². The average Bonchev–Trinajstić information content (AvgIpc) is 3.40. The number of nitrogens with zero attached hydrogens (tertiary/aromatic N) is 3. The Kier molecular flexibility index (Phi) is 4.27. The summed E-state index contributed by atoms with van der Waals surface area (Å²) in [7, 11) is -4.12. The monoisotopic (exact) mass is 417 g/mol. The lowest BCUT2D eigenvalue weighted by Gasteiger charge is -2.22. The van der Waals surface area contributed by atoms with Crippen LogP contribution in [-0.4, -0.2) is 35.8 Å². The third-order valence-corrected chi connectivity index (χ3v) is 7.28. The third kappa shape index (κ3) is 3.06. The zero-order valence-corrected chi connectivity index (χ0v) is 17.0. The molecule has 2 aliphatic carbocycles. The molecular weight excluding hydrogens is 394 g/mol. The lowest BCUT2D eigenvalue weighted by Crippen LogP contribution is -2.35. The van der Waals surface area contributed by atoms with Crippen LogP contribution in [0.5, 0.6) is 5.88 Å². The summed E-state index contributed by atoms with van der Waals surface area (Å²) in [6.45, 7) is 2.35. The molecule has 0 spiro atoms. The summed E-state index contributed by atoms with van der Waals surface area (Å²) >= 11 is 0. The number of amides is 2. The Balaban J connectivity index is 1.39. The molecule has 2 N–H and O–H groups in total. The minimum absolute atomic E-state index is 0.0368. The highest BCUT2D eigenvalue weighted by atomic mass is 32.2. The fraction of sp³-hybridized carbons (Fsp3) is 0.526. The SMILES string of the molecule is CC1CCOc2c(S(=O)(=O)NC(=O)Nc3nc4c(c5c3CCC5)CCC4)cnn21. The fourth-order valence-electron chi connectivity index (χ4n) is 4.55. The number of aryl methyl sites for hydroxylation is 1. The van der Waals surface area contributed by atoms with E-state index in [9.17, 15) is 13.2 Å². The van der Waals surface area contributed by atoms with Crippen LogP contribution >= 0.6 is 0 Å². The highest BCUT2D eigenvalue weighted by Gasteiger charge is 2.31. The summed E-state index contributed by atoms with van der Waals surface area (Å²) in [4.78, 5) is 17.0. The first-order valence-corrected chi connectivity index (χ1v) is 11.5. The zero-order valence-electron chi connectivity index (χ0n) is 16.2. The molecule has 10 heteroatoms. The van der Waals surface area contributed by atoms with E-state index in [1.807, 2.05) is 6.92 Å². The van der Waals surface area contributed by atoms with E-state index >= 15 is 0 Å². The first-order chi connectivity index (χ1) is 13.9. The van der Waals surface area contributed by atoms with Gasteiger partial charge in [-0.05, 0) is 62.1 Å². The predicted octanol–water partition coefficient (Wildman–Crippen LogP) is 2.11. The molecule has 0 aromatic carbocycles. The number of anilines is 1. The van der Waals surface area contributed by atoms with E-state index in [0.717, 1.165) is 56.2 Å². The second-order valence-corrected chi connectivity index (χ2v) is 9.51. The maximum absolute atomic E-state index is 12.8. The van der Waals surface area contributed by atoms with Gasteiger partial charge in [0.05, 0.1) is 18.8 Å². The van der Waals surface area contributed by atoms with Crippen LogP contribution in [0.25, 0.3) is 0 Å². The van der Waals surface area contributed by atoms with Crippen molar-refractivity contribution in [1.82, 2.24) is 19.5 Å². The van der Waals surface area contributed by atoms with E-state index in [-0.39, 0.29) is 16.8 Å². The minimum Gasteiger partial charge on any atom is -0.477 e. The van der Waals surface area contributed by atoms with Crippen LogP contribution in [0.4, 0.5) is 10.6 Å². The van der Waals surface area contributed by atoms with Gasteiger partial charge in [0.15, 0.2) is 4.90 Å². The third-order valence-electron chi connectivity index (χ3n) is 5.96. The molecule has 5 rings (SSSR count). The van der Waals surface area contributed by atoms with Crippen LogP contribution in [0.15, 0.2) is 11.1 Å².